The van der Waals surface area contributed by atoms with Crippen LogP contribution >= 0.6 is 24.0 Å². The molecule has 138 valence electrons. The summed E-state index contributed by atoms with van der Waals surface area (Å²) in [6.07, 6.45) is 0.878. The molecule has 24 heavy (non-hydrogen) atoms. The minimum atomic E-state index is 0. The van der Waals surface area contributed by atoms with Crippen LogP contribution in [0.5, 0.6) is 0 Å². The molecule has 0 saturated carbocycles. The van der Waals surface area contributed by atoms with Crippen molar-refractivity contribution in [2.45, 2.75) is 39.8 Å². The van der Waals surface area contributed by atoms with Gasteiger partial charge in [-0.2, -0.15) is 0 Å². The number of halogens is 1. The third-order valence-corrected chi connectivity index (χ3v) is 3.94. The van der Waals surface area contributed by atoms with Crippen molar-refractivity contribution in [3.8, 4) is 0 Å². The van der Waals surface area contributed by atoms with Crippen LogP contribution < -0.4 is 10.6 Å². The predicted octanol–water partition coefficient (Wildman–Crippen LogP) is 1.63. The predicted molar refractivity (Wildman–Crippen MR) is 106 cm³/mol. The zero-order chi connectivity index (χ0) is 16.5. The van der Waals surface area contributed by atoms with E-state index in [1.54, 1.807) is 0 Å². The number of aromatic nitrogens is 1. The maximum absolute atomic E-state index is 5.40. The van der Waals surface area contributed by atoms with Crippen molar-refractivity contribution in [1.29, 1.82) is 0 Å². The monoisotopic (exact) mass is 451 g/mol. The summed E-state index contributed by atoms with van der Waals surface area (Å²) in [5, 5.41) is 10.7. The fourth-order valence-electron chi connectivity index (χ4n) is 2.49. The SMILES string of the molecule is CCNC(=NCc1cc(CC)no1)NCC(C)N1CCOCC1.I. The molecule has 2 heterocycles. The van der Waals surface area contributed by atoms with E-state index in [2.05, 4.69) is 46.5 Å². The molecule has 2 rings (SSSR count). The number of guanidine groups is 1. The maximum atomic E-state index is 5.40. The van der Waals surface area contributed by atoms with Gasteiger partial charge in [-0.25, -0.2) is 4.99 Å². The van der Waals surface area contributed by atoms with E-state index in [1.165, 1.54) is 0 Å². The molecule has 1 saturated heterocycles. The van der Waals surface area contributed by atoms with E-state index in [-0.39, 0.29) is 24.0 Å². The highest BCUT2D eigenvalue weighted by Gasteiger charge is 2.17. The van der Waals surface area contributed by atoms with Crippen LogP contribution in [0.2, 0.25) is 0 Å². The molecule has 1 fully saturated rings. The van der Waals surface area contributed by atoms with Gasteiger partial charge >= 0.3 is 0 Å². The normalized spacial score (nSPS) is 17.2. The quantitative estimate of drug-likeness (QED) is 0.373. The number of nitrogens with one attached hydrogen (secondary N) is 2. The van der Waals surface area contributed by atoms with Gasteiger partial charge in [0.1, 0.15) is 6.54 Å². The molecule has 0 spiro atoms. The van der Waals surface area contributed by atoms with E-state index >= 15 is 0 Å². The first-order valence-electron chi connectivity index (χ1n) is 8.51. The standard InChI is InChI=1S/C16H29N5O2.HI/c1-4-14-10-15(23-20-14)12-19-16(17-5-2)18-11-13(3)21-6-8-22-9-7-21;/h10,13H,4-9,11-12H2,1-3H3,(H2,17,18,19);1H. The molecule has 0 aromatic carbocycles. The second kappa shape index (κ2) is 11.6. The number of hydrogen-bond acceptors (Lipinski definition) is 5. The molecule has 7 nitrogen and oxygen atoms in total. The van der Waals surface area contributed by atoms with E-state index in [0.717, 1.165) is 63.2 Å². The molecular weight excluding hydrogens is 421 g/mol. The highest BCUT2D eigenvalue weighted by atomic mass is 127. The summed E-state index contributed by atoms with van der Waals surface area (Å²) < 4.78 is 10.7. The molecule has 1 aliphatic heterocycles. The summed E-state index contributed by atoms with van der Waals surface area (Å²) in [6.45, 7) is 12.2. The molecule has 1 atom stereocenters. The Hall–Kier alpha value is -0.870. The molecule has 8 heteroatoms. The lowest BCUT2D eigenvalue weighted by Crippen LogP contribution is -2.49. The lowest BCUT2D eigenvalue weighted by molar-refractivity contribution is 0.0211. The Bertz CT molecular complexity index is 489. The van der Waals surface area contributed by atoms with Gasteiger partial charge in [-0.15, -0.1) is 24.0 Å². The van der Waals surface area contributed by atoms with Gasteiger partial charge in [-0.3, -0.25) is 4.90 Å². The number of nitrogens with zero attached hydrogens (tertiary/aromatic N) is 3. The van der Waals surface area contributed by atoms with E-state index in [0.29, 0.717) is 12.6 Å². The second-order valence-corrected chi connectivity index (χ2v) is 5.71. The van der Waals surface area contributed by atoms with Crippen molar-refractivity contribution in [2.24, 2.45) is 4.99 Å². The minimum absolute atomic E-state index is 0. The molecular formula is C16H30IN5O2. The lowest BCUT2D eigenvalue weighted by atomic mass is 10.2. The molecule has 0 amide bonds. The molecule has 1 aromatic rings. The van der Waals surface area contributed by atoms with Crippen LogP contribution in [-0.4, -0.2) is 61.5 Å². The van der Waals surface area contributed by atoms with Gasteiger partial charge < -0.3 is 19.9 Å². The first kappa shape index (κ1) is 21.2. The first-order chi connectivity index (χ1) is 11.2. The topological polar surface area (TPSA) is 74.9 Å². The van der Waals surface area contributed by atoms with Crippen molar-refractivity contribution in [2.75, 3.05) is 39.4 Å². The van der Waals surface area contributed by atoms with E-state index in [4.69, 9.17) is 9.26 Å². The van der Waals surface area contributed by atoms with Gasteiger partial charge in [0.05, 0.1) is 18.9 Å². The average Bonchev–Trinajstić information content (AvgIpc) is 3.06. The van der Waals surface area contributed by atoms with E-state index in [1.807, 2.05) is 6.07 Å². The number of hydrogen-bond donors (Lipinski definition) is 2. The molecule has 0 bridgehead atoms. The molecule has 0 radical (unpaired) electrons. The smallest absolute Gasteiger partial charge is 0.191 e. The average molecular weight is 451 g/mol. The largest absolute Gasteiger partial charge is 0.379 e. The minimum Gasteiger partial charge on any atom is -0.379 e. The number of aryl methyl sites for hydroxylation is 1. The van der Waals surface area contributed by atoms with Crippen molar-refractivity contribution in [3.05, 3.63) is 17.5 Å². The Morgan fingerprint density at radius 3 is 2.71 bits per heavy atom. The van der Waals surface area contributed by atoms with Crippen molar-refractivity contribution < 1.29 is 9.26 Å². The fraction of sp³-hybridized carbons (Fsp3) is 0.750. The maximum Gasteiger partial charge on any atom is 0.191 e. The van der Waals surface area contributed by atoms with Crippen LogP contribution in [0.1, 0.15) is 32.2 Å². The van der Waals surface area contributed by atoms with Gasteiger partial charge in [0, 0.05) is 38.3 Å². The number of morpholine rings is 1. The van der Waals surface area contributed by atoms with Gasteiger partial charge in [0.25, 0.3) is 0 Å². The lowest BCUT2D eigenvalue weighted by Gasteiger charge is -2.32. The van der Waals surface area contributed by atoms with Crippen LogP contribution in [0.4, 0.5) is 0 Å². The second-order valence-electron chi connectivity index (χ2n) is 5.71. The van der Waals surface area contributed by atoms with Gasteiger partial charge in [0.15, 0.2) is 11.7 Å². The molecule has 1 aliphatic rings. The third-order valence-electron chi connectivity index (χ3n) is 3.94. The van der Waals surface area contributed by atoms with Crippen LogP contribution in [0.3, 0.4) is 0 Å². The first-order valence-corrected chi connectivity index (χ1v) is 8.51. The fourth-order valence-corrected chi connectivity index (χ4v) is 2.49. The summed E-state index contributed by atoms with van der Waals surface area (Å²) in [5.41, 5.74) is 0.967. The molecule has 1 aromatic heterocycles. The van der Waals surface area contributed by atoms with Crippen molar-refractivity contribution in [1.82, 2.24) is 20.7 Å². The summed E-state index contributed by atoms with van der Waals surface area (Å²) in [7, 11) is 0. The van der Waals surface area contributed by atoms with Crippen LogP contribution in [0.25, 0.3) is 0 Å². The highest BCUT2D eigenvalue weighted by molar-refractivity contribution is 14.0. The summed E-state index contributed by atoms with van der Waals surface area (Å²) in [6, 6.07) is 2.41. The Labute approximate surface area is 161 Å². The Morgan fingerprint density at radius 2 is 2.08 bits per heavy atom. The van der Waals surface area contributed by atoms with E-state index < -0.39 is 0 Å². The van der Waals surface area contributed by atoms with Crippen molar-refractivity contribution in [3.63, 3.8) is 0 Å². The highest BCUT2D eigenvalue weighted by Crippen LogP contribution is 2.05. The van der Waals surface area contributed by atoms with Gasteiger partial charge in [-0.05, 0) is 20.3 Å². The summed E-state index contributed by atoms with van der Waals surface area (Å²) >= 11 is 0. The number of rotatable bonds is 7. The van der Waals surface area contributed by atoms with Gasteiger partial charge in [-0.1, -0.05) is 12.1 Å². The van der Waals surface area contributed by atoms with Gasteiger partial charge in [0.2, 0.25) is 0 Å². The number of ether oxygens (including phenoxy) is 1. The van der Waals surface area contributed by atoms with Crippen LogP contribution in [0, 0.1) is 0 Å². The number of aliphatic imine (C=N–C) groups is 1. The summed E-state index contributed by atoms with van der Waals surface area (Å²) in [4.78, 5) is 7.00. The molecule has 1 unspecified atom stereocenters. The van der Waals surface area contributed by atoms with E-state index in [9.17, 15) is 0 Å². The Balaban J connectivity index is 0.00000288. The van der Waals surface area contributed by atoms with Crippen LogP contribution in [-0.2, 0) is 17.7 Å². The third kappa shape index (κ3) is 6.94. The van der Waals surface area contributed by atoms with Crippen LogP contribution in [0.15, 0.2) is 15.6 Å². The molecule has 2 N–H and O–H groups in total. The zero-order valence-corrected chi connectivity index (χ0v) is 17.2. The van der Waals surface area contributed by atoms with Crippen molar-refractivity contribution >= 4 is 29.9 Å². The Morgan fingerprint density at radius 1 is 1.33 bits per heavy atom. The zero-order valence-electron chi connectivity index (χ0n) is 14.9. The Kier molecular flexibility index (Phi) is 10.3. The summed E-state index contributed by atoms with van der Waals surface area (Å²) in [5.74, 6) is 1.60. The molecule has 0 aliphatic carbocycles.